The van der Waals surface area contributed by atoms with E-state index in [0.29, 0.717) is 13.2 Å². The largest absolute Gasteiger partial charge is 0.493 e. The van der Waals surface area contributed by atoms with Crippen molar-refractivity contribution in [1.29, 1.82) is 0 Å². The van der Waals surface area contributed by atoms with Crippen molar-refractivity contribution in [2.75, 3.05) is 13.2 Å². The molecule has 7 heteroatoms. The fourth-order valence-electron chi connectivity index (χ4n) is 4.01. The molecule has 1 N–H and O–H groups in total. The van der Waals surface area contributed by atoms with Crippen molar-refractivity contribution in [2.24, 2.45) is 10.4 Å². The van der Waals surface area contributed by atoms with E-state index in [1.54, 1.807) is 0 Å². The Balaban J connectivity index is 1.69. The second kappa shape index (κ2) is 5.87. The van der Waals surface area contributed by atoms with Crippen LogP contribution in [-0.4, -0.2) is 30.9 Å². The number of amides is 1. The number of hydrogen-bond donors (Lipinski definition) is 1. The first-order valence-electron chi connectivity index (χ1n) is 8.89. The molecule has 1 aromatic rings. The van der Waals surface area contributed by atoms with E-state index in [1.165, 1.54) is 0 Å². The summed E-state index contributed by atoms with van der Waals surface area (Å²) in [6, 6.07) is 6.20. The average Bonchev–Trinajstić information content (AvgIpc) is 2.89. The summed E-state index contributed by atoms with van der Waals surface area (Å²) in [6.07, 6.45) is 2.66. The predicted octanol–water partition coefficient (Wildman–Crippen LogP) is 4.12. The summed E-state index contributed by atoms with van der Waals surface area (Å²) < 4.78 is 18.2. The highest BCUT2D eigenvalue weighted by Crippen LogP contribution is 2.61. The van der Waals surface area contributed by atoms with Gasteiger partial charge < -0.3 is 14.2 Å². The number of halogens is 1. The highest BCUT2D eigenvalue weighted by atomic mass is 79.9. The number of ether oxygens (including phenoxy) is 3. The number of hydrogen-bond acceptors (Lipinski definition) is 5. The maximum absolute atomic E-state index is 12.1. The Labute approximate surface area is 161 Å². The number of benzene rings is 1. The Morgan fingerprint density at radius 2 is 2.04 bits per heavy atom. The van der Waals surface area contributed by atoms with E-state index in [1.807, 2.05) is 32.9 Å². The summed E-state index contributed by atoms with van der Waals surface area (Å²) in [5.74, 6) is 0.830. The normalized spacial score (nSPS) is 25.6. The number of alkyl carbamates (subject to hydrolysis) is 1. The standard InChI is InChI=1S/C19H23BrN2O4/c1-17(2,3)26-16(23)21-15-22-19(11-25-15)13-9-12(20)5-6-14(13)24-10-18(19)7-4-8-18/h5-6,9H,4,7-8,10-11H2,1-3H3,(H,21,22,23). The van der Waals surface area contributed by atoms with Crippen LogP contribution in [-0.2, 0) is 15.0 Å². The maximum atomic E-state index is 12.1. The first kappa shape index (κ1) is 17.6. The van der Waals surface area contributed by atoms with Crippen molar-refractivity contribution < 1.29 is 19.0 Å². The third-order valence-corrected chi connectivity index (χ3v) is 5.89. The van der Waals surface area contributed by atoms with Crippen molar-refractivity contribution in [1.82, 2.24) is 5.32 Å². The van der Waals surface area contributed by atoms with Gasteiger partial charge >= 0.3 is 6.09 Å². The number of nitrogens with zero attached hydrogens (tertiary/aromatic N) is 1. The van der Waals surface area contributed by atoms with Crippen LogP contribution in [0.25, 0.3) is 0 Å². The van der Waals surface area contributed by atoms with Gasteiger partial charge in [0.2, 0.25) is 0 Å². The van der Waals surface area contributed by atoms with Gasteiger partial charge in [-0.1, -0.05) is 22.4 Å². The Morgan fingerprint density at radius 1 is 1.27 bits per heavy atom. The quantitative estimate of drug-likeness (QED) is 0.682. The highest BCUT2D eigenvalue weighted by molar-refractivity contribution is 9.10. The lowest BCUT2D eigenvalue weighted by Crippen LogP contribution is -2.56. The molecule has 0 aromatic heterocycles. The minimum Gasteiger partial charge on any atom is -0.493 e. The summed E-state index contributed by atoms with van der Waals surface area (Å²) >= 11 is 3.55. The zero-order chi connectivity index (χ0) is 18.6. The van der Waals surface area contributed by atoms with E-state index in [9.17, 15) is 4.79 Å². The number of amidine groups is 1. The summed E-state index contributed by atoms with van der Waals surface area (Å²) in [5.41, 5.74) is -0.184. The van der Waals surface area contributed by atoms with Crippen molar-refractivity contribution >= 4 is 28.0 Å². The third kappa shape index (κ3) is 2.76. The molecule has 2 heterocycles. The molecule has 4 rings (SSSR count). The van der Waals surface area contributed by atoms with E-state index in [2.05, 4.69) is 27.3 Å². The van der Waals surface area contributed by atoms with Gasteiger partial charge in [-0.3, -0.25) is 0 Å². The Kier molecular flexibility index (Phi) is 3.99. The van der Waals surface area contributed by atoms with Crippen molar-refractivity contribution in [3.05, 3.63) is 28.2 Å². The number of carbonyl (C=O) groups is 1. The molecule has 26 heavy (non-hydrogen) atoms. The molecular weight excluding hydrogens is 400 g/mol. The van der Waals surface area contributed by atoms with Crippen LogP contribution < -0.4 is 10.1 Å². The van der Waals surface area contributed by atoms with Gasteiger partial charge in [-0.25, -0.2) is 15.1 Å². The summed E-state index contributed by atoms with van der Waals surface area (Å²) in [6.45, 7) is 6.47. The predicted molar refractivity (Wildman–Crippen MR) is 100 cm³/mol. The number of nitrogens with one attached hydrogen (secondary N) is 1. The molecular formula is C19H23BrN2O4. The number of carbonyl (C=O) groups excluding carboxylic acids is 1. The Hall–Kier alpha value is -1.76. The van der Waals surface area contributed by atoms with E-state index in [4.69, 9.17) is 19.2 Å². The van der Waals surface area contributed by atoms with Crippen LogP contribution in [0.15, 0.2) is 27.7 Å². The van der Waals surface area contributed by atoms with Gasteiger partial charge in [0.15, 0.2) is 0 Å². The summed E-state index contributed by atoms with van der Waals surface area (Å²) in [7, 11) is 0. The molecule has 0 bridgehead atoms. The average molecular weight is 423 g/mol. The van der Waals surface area contributed by atoms with Crippen LogP contribution in [0.1, 0.15) is 45.6 Å². The van der Waals surface area contributed by atoms with Crippen LogP contribution >= 0.6 is 15.9 Å². The fourth-order valence-corrected chi connectivity index (χ4v) is 4.37. The molecule has 1 atom stereocenters. The van der Waals surface area contributed by atoms with E-state index in [-0.39, 0.29) is 11.4 Å². The molecule has 1 unspecified atom stereocenters. The highest BCUT2D eigenvalue weighted by Gasteiger charge is 2.62. The Morgan fingerprint density at radius 3 is 2.69 bits per heavy atom. The van der Waals surface area contributed by atoms with Crippen molar-refractivity contribution in [3.63, 3.8) is 0 Å². The molecule has 1 fully saturated rings. The topological polar surface area (TPSA) is 69.2 Å². The van der Waals surface area contributed by atoms with Crippen LogP contribution in [0.3, 0.4) is 0 Å². The summed E-state index contributed by atoms with van der Waals surface area (Å²) in [5, 5.41) is 2.65. The number of rotatable bonds is 0. The van der Waals surface area contributed by atoms with Crippen molar-refractivity contribution in [2.45, 2.75) is 51.2 Å². The molecule has 1 aliphatic carbocycles. The molecule has 3 aliphatic rings. The molecule has 0 radical (unpaired) electrons. The van der Waals surface area contributed by atoms with E-state index >= 15 is 0 Å². The smallest absolute Gasteiger partial charge is 0.415 e. The van der Waals surface area contributed by atoms with Gasteiger partial charge in [0, 0.05) is 15.5 Å². The van der Waals surface area contributed by atoms with Gasteiger partial charge in [0.25, 0.3) is 6.02 Å². The molecule has 2 spiro atoms. The lowest BCUT2D eigenvalue weighted by Gasteiger charge is -2.54. The number of fused-ring (bicyclic) bond motifs is 3. The monoisotopic (exact) mass is 422 g/mol. The molecule has 140 valence electrons. The Bertz CT molecular complexity index is 782. The third-order valence-electron chi connectivity index (χ3n) is 5.40. The van der Waals surface area contributed by atoms with E-state index < -0.39 is 17.2 Å². The molecule has 1 amide bonds. The van der Waals surface area contributed by atoms with Gasteiger partial charge in [-0.2, -0.15) is 0 Å². The van der Waals surface area contributed by atoms with Gasteiger partial charge in [0.1, 0.15) is 23.5 Å². The molecule has 6 nitrogen and oxygen atoms in total. The first-order valence-corrected chi connectivity index (χ1v) is 9.68. The molecule has 0 saturated heterocycles. The maximum Gasteiger partial charge on any atom is 0.415 e. The second-order valence-electron chi connectivity index (χ2n) is 8.26. The lowest BCUT2D eigenvalue weighted by molar-refractivity contribution is -0.0524. The van der Waals surface area contributed by atoms with Crippen LogP contribution in [0, 0.1) is 5.41 Å². The van der Waals surface area contributed by atoms with Crippen molar-refractivity contribution in [3.8, 4) is 5.75 Å². The van der Waals surface area contributed by atoms with Crippen LogP contribution in [0.2, 0.25) is 0 Å². The minimum absolute atomic E-state index is 0.0852. The second-order valence-corrected chi connectivity index (χ2v) is 9.17. The van der Waals surface area contributed by atoms with Gasteiger partial charge in [-0.05, 0) is 51.8 Å². The first-order chi connectivity index (χ1) is 12.2. The zero-order valence-corrected chi connectivity index (χ0v) is 16.8. The zero-order valence-electron chi connectivity index (χ0n) is 15.2. The van der Waals surface area contributed by atoms with E-state index in [0.717, 1.165) is 35.0 Å². The molecule has 1 aromatic carbocycles. The fraction of sp³-hybridized carbons (Fsp3) is 0.579. The van der Waals surface area contributed by atoms with Crippen LogP contribution in [0.5, 0.6) is 5.75 Å². The lowest BCUT2D eigenvalue weighted by atomic mass is 9.55. The summed E-state index contributed by atoms with van der Waals surface area (Å²) in [4.78, 5) is 17.0. The molecule has 1 saturated carbocycles. The van der Waals surface area contributed by atoms with Gasteiger partial charge in [0.05, 0.1) is 6.61 Å². The molecule has 2 aliphatic heterocycles. The SMILES string of the molecule is CC(C)(C)OC(=O)NC1=NC2(CO1)c1cc(Br)ccc1OCC21CCC1. The van der Waals surface area contributed by atoms with Crippen LogP contribution in [0.4, 0.5) is 4.79 Å². The minimum atomic E-state index is -0.577. The number of aliphatic imine (C=N–C) groups is 1. The van der Waals surface area contributed by atoms with Gasteiger partial charge in [-0.15, -0.1) is 0 Å².